The van der Waals surface area contributed by atoms with Gasteiger partial charge in [0, 0.05) is 10.0 Å². The fourth-order valence-electron chi connectivity index (χ4n) is 3.99. The quantitative estimate of drug-likeness (QED) is 0.121. The Balaban J connectivity index is 1.55. The molecule has 11 heteroatoms. The molecule has 0 unspecified atom stereocenters. The van der Waals surface area contributed by atoms with Gasteiger partial charge in [0.2, 0.25) is 0 Å². The smallest absolute Gasteiger partial charge is 0.266 e. The highest BCUT2D eigenvalue weighted by Crippen LogP contribution is 2.28. The molecule has 0 fully saturated rings. The van der Waals surface area contributed by atoms with Gasteiger partial charge in [-0.2, -0.15) is 0 Å². The second-order valence-corrected chi connectivity index (χ2v) is 12.1. The normalized spacial score (nSPS) is 11.3. The van der Waals surface area contributed by atoms with E-state index in [1.807, 2.05) is 6.07 Å². The van der Waals surface area contributed by atoms with Crippen molar-refractivity contribution in [2.75, 3.05) is 17.6 Å². The summed E-state index contributed by atoms with van der Waals surface area (Å²) in [5.74, 6) is 0.302. The molecule has 0 bridgehead atoms. The Bertz CT molecular complexity index is 1880. The number of para-hydroxylation sites is 3. The van der Waals surface area contributed by atoms with Gasteiger partial charge in [-0.3, -0.25) is 18.9 Å². The molecular formula is C29H22BrN3O5S2. The summed E-state index contributed by atoms with van der Waals surface area (Å²) < 4.78 is 36.5. The standard InChI is InChI=1S/C29H22BrN3O5S2/c1-38-27-10-6-5-9-25(27)32-40(36,37)22-15-16-24-23(17-22)28(35)33(21-7-3-2-4-8-21)29(31-24)39-18-26(34)19-11-13-20(30)14-12-19/h2-17,32H,18H2,1H3. The molecule has 1 aromatic heterocycles. The Morgan fingerprint density at radius 2 is 1.68 bits per heavy atom. The van der Waals surface area contributed by atoms with Crippen LogP contribution in [0.25, 0.3) is 16.6 Å². The number of carbonyl (C=O) groups is 1. The first-order valence-electron chi connectivity index (χ1n) is 12.0. The third-order valence-electron chi connectivity index (χ3n) is 5.98. The maximum atomic E-state index is 13.8. The van der Waals surface area contributed by atoms with Crippen molar-refractivity contribution in [1.29, 1.82) is 0 Å². The van der Waals surface area contributed by atoms with Crippen LogP contribution < -0.4 is 15.0 Å². The maximum absolute atomic E-state index is 13.8. The number of nitrogens with one attached hydrogen (secondary N) is 1. The molecule has 0 aliphatic carbocycles. The highest BCUT2D eigenvalue weighted by Gasteiger charge is 2.20. The lowest BCUT2D eigenvalue weighted by Crippen LogP contribution is -2.23. The van der Waals surface area contributed by atoms with Crippen molar-refractivity contribution in [2.24, 2.45) is 0 Å². The van der Waals surface area contributed by atoms with Gasteiger partial charge >= 0.3 is 0 Å². The fraction of sp³-hybridized carbons (Fsp3) is 0.0690. The minimum absolute atomic E-state index is 0.0572. The van der Waals surface area contributed by atoms with Crippen molar-refractivity contribution in [3.05, 3.63) is 117 Å². The number of halogens is 1. The summed E-state index contributed by atoms with van der Waals surface area (Å²) in [6.45, 7) is 0. The zero-order valence-electron chi connectivity index (χ0n) is 21.1. The van der Waals surface area contributed by atoms with Crippen LogP contribution in [0, 0.1) is 0 Å². The summed E-state index contributed by atoms with van der Waals surface area (Å²) >= 11 is 4.50. The summed E-state index contributed by atoms with van der Waals surface area (Å²) in [5, 5.41) is 0.437. The third kappa shape index (κ3) is 5.81. The molecule has 40 heavy (non-hydrogen) atoms. The number of ketones is 1. The number of carbonyl (C=O) groups excluding carboxylic acids is 1. The zero-order chi connectivity index (χ0) is 28.3. The van der Waals surface area contributed by atoms with Gasteiger partial charge in [0.05, 0.1) is 40.0 Å². The van der Waals surface area contributed by atoms with Crippen molar-refractivity contribution in [2.45, 2.75) is 10.1 Å². The first kappa shape index (κ1) is 27.6. The van der Waals surface area contributed by atoms with Crippen molar-refractivity contribution < 1.29 is 17.9 Å². The van der Waals surface area contributed by atoms with Gasteiger partial charge in [0.25, 0.3) is 15.6 Å². The molecule has 0 radical (unpaired) electrons. The van der Waals surface area contributed by atoms with Crippen molar-refractivity contribution >= 4 is 60.1 Å². The van der Waals surface area contributed by atoms with Gasteiger partial charge in [0.15, 0.2) is 10.9 Å². The first-order valence-corrected chi connectivity index (χ1v) is 15.2. The van der Waals surface area contributed by atoms with Gasteiger partial charge in [-0.1, -0.05) is 70.2 Å². The van der Waals surface area contributed by atoms with E-state index in [-0.39, 0.29) is 27.5 Å². The second-order valence-electron chi connectivity index (χ2n) is 8.57. The molecule has 0 atom stereocenters. The maximum Gasteiger partial charge on any atom is 0.266 e. The van der Waals surface area contributed by atoms with Crippen LogP contribution in [0.5, 0.6) is 5.75 Å². The Morgan fingerprint density at radius 3 is 2.40 bits per heavy atom. The fourth-order valence-corrected chi connectivity index (χ4v) is 6.26. The molecule has 1 heterocycles. The molecule has 202 valence electrons. The Hall–Kier alpha value is -3.93. The number of Topliss-reactive ketones (excluding diaryl/α,β-unsaturated/α-hetero) is 1. The largest absolute Gasteiger partial charge is 0.495 e. The van der Waals surface area contributed by atoms with Gasteiger partial charge < -0.3 is 4.74 Å². The molecule has 0 saturated carbocycles. The lowest BCUT2D eigenvalue weighted by Gasteiger charge is -2.14. The van der Waals surface area contributed by atoms with Gasteiger partial charge in [-0.25, -0.2) is 13.4 Å². The molecule has 0 saturated heterocycles. The number of anilines is 1. The van der Waals surface area contributed by atoms with E-state index in [9.17, 15) is 18.0 Å². The number of hydrogen-bond donors (Lipinski definition) is 1. The summed E-state index contributed by atoms with van der Waals surface area (Å²) in [6, 6.07) is 26.8. The van der Waals surface area contributed by atoms with E-state index in [2.05, 4.69) is 25.6 Å². The van der Waals surface area contributed by atoms with Crippen LogP contribution in [0.4, 0.5) is 5.69 Å². The van der Waals surface area contributed by atoms with Crippen molar-refractivity contribution in [3.63, 3.8) is 0 Å². The van der Waals surface area contributed by atoms with Crippen LogP contribution >= 0.6 is 27.7 Å². The minimum atomic E-state index is -4.06. The van der Waals surface area contributed by atoms with Crippen molar-refractivity contribution in [3.8, 4) is 11.4 Å². The highest BCUT2D eigenvalue weighted by molar-refractivity contribution is 9.10. The van der Waals surface area contributed by atoms with Gasteiger partial charge in [-0.05, 0) is 54.6 Å². The van der Waals surface area contributed by atoms with Crippen LogP contribution in [0.1, 0.15) is 10.4 Å². The molecular weight excluding hydrogens is 614 g/mol. The lowest BCUT2D eigenvalue weighted by atomic mass is 10.2. The van der Waals surface area contributed by atoms with Crippen LogP contribution in [0.15, 0.2) is 116 Å². The summed E-state index contributed by atoms with van der Waals surface area (Å²) in [5.41, 5.74) is 1.21. The van der Waals surface area contributed by atoms with E-state index in [1.54, 1.807) is 72.8 Å². The molecule has 0 aliphatic heterocycles. The Labute approximate surface area is 243 Å². The van der Waals surface area contributed by atoms with E-state index < -0.39 is 15.6 Å². The number of rotatable bonds is 9. The number of methoxy groups -OCH3 is 1. The number of sulfonamides is 1. The highest BCUT2D eigenvalue weighted by atomic mass is 79.9. The van der Waals surface area contributed by atoms with E-state index in [4.69, 9.17) is 4.74 Å². The predicted octanol–water partition coefficient (Wildman–Crippen LogP) is 5.93. The average Bonchev–Trinajstić information content (AvgIpc) is 2.96. The lowest BCUT2D eigenvalue weighted by molar-refractivity contribution is 0.102. The zero-order valence-corrected chi connectivity index (χ0v) is 24.3. The van der Waals surface area contributed by atoms with E-state index in [0.717, 1.165) is 16.2 Å². The van der Waals surface area contributed by atoms with Crippen molar-refractivity contribution in [1.82, 2.24) is 9.55 Å². The summed E-state index contributed by atoms with van der Waals surface area (Å²) in [4.78, 5) is 31.2. The number of fused-ring (bicyclic) bond motifs is 1. The SMILES string of the molecule is COc1ccccc1NS(=O)(=O)c1ccc2nc(SCC(=O)c3ccc(Br)cc3)n(-c3ccccc3)c(=O)c2c1. The molecule has 0 aliphatic rings. The van der Waals surface area contributed by atoms with E-state index >= 15 is 0 Å². The number of thioether (sulfide) groups is 1. The van der Waals surface area contributed by atoms with Crippen LogP contribution in [0.3, 0.4) is 0 Å². The van der Waals surface area contributed by atoms with E-state index in [0.29, 0.717) is 27.7 Å². The number of nitrogens with zero attached hydrogens (tertiary/aromatic N) is 2. The number of hydrogen-bond acceptors (Lipinski definition) is 7. The topological polar surface area (TPSA) is 107 Å². The molecule has 5 rings (SSSR count). The second kappa shape index (κ2) is 11.7. The van der Waals surface area contributed by atoms with Crippen LogP contribution in [0.2, 0.25) is 0 Å². The molecule has 4 aromatic carbocycles. The molecule has 1 N–H and O–H groups in total. The Kier molecular flexibility index (Phi) is 8.06. The number of benzene rings is 4. The molecule has 8 nitrogen and oxygen atoms in total. The minimum Gasteiger partial charge on any atom is -0.495 e. The summed E-state index contributed by atoms with van der Waals surface area (Å²) in [7, 11) is -2.61. The van der Waals surface area contributed by atoms with E-state index in [1.165, 1.54) is 29.9 Å². The molecule has 0 amide bonds. The van der Waals surface area contributed by atoms with Gasteiger partial charge in [-0.15, -0.1) is 0 Å². The Morgan fingerprint density at radius 1 is 0.975 bits per heavy atom. The monoisotopic (exact) mass is 635 g/mol. The van der Waals surface area contributed by atoms with Crippen LogP contribution in [-0.4, -0.2) is 36.6 Å². The molecule has 5 aromatic rings. The average molecular weight is 637 g/mol. The summed E-state index contributed by atoms with van der Waals surface area (Å²) in [6.07, 6.45) is 0. The number of aromatic nitrogens is 2. The van der Waals surface area contributed by atoms with Crippen LogP contribution in [-0.2, 0) is 10.0 Å². The first-order chi connectivity index (χ1) is 19.3. The predicted molar refractivity (Wildman–Crippen MR) is 160 cm³/mol. The van der Waals surface area contributed by atoms with Gasteiger partial charge in [0.1, 0.15) is 5.75 Å². The molecule has 0 spiro atoms. The number of ether oxygens (including phenoxy) is 1. The third-order valence-corrected chi connectivity index (χ3v) is 8.81.